The summed E-state index contributed by atoms with van der Waals surface area (Å²) in [6.07, 6.45) is 2.92. The summed E-state index contributed by atoms with van der Waals surface area (Å²) in [6.45, 7) is 6.83. The normalized spacial score (nSPS) is 14.4. The summed E-state index contributed by atoms with van der Waals surface area (Å²) in [6, 6.07) is 12.5. The van der Waals surface area contributed by atoms with E-state index in [1.54, 1.807) is 12.1 Å². The zero-order valence-corrected chi connectivity index (χ0v) is 15.7. The van der Waals surface area contributed by atoms with Crippen molar-refractivity contribution in [1.82, 2.24) is 19.9 Å². The molecule has 0 N–H and O–H groups in total. The summed E-state index contributed by atoms with van der Waals surface area (Å²) in [7, 11) is 0. The highest BCUT2D eigenvalue weighted by Gasteiger charge is 2.19. The third kappa shape index (κ3) is 4.03. The Labute approximate surface area is 159 Å². The van der Waals surface area contributed by atoms with E-state index in [0.717, 1.165) is 48.8 Å². The van der Waals surface area contributed by atoms with Crippen LogP contribution in [0.4, 0.5) is 4.39 Å². The van der Waals surface area contributed by atoms with Crippen molar-refractivity contribution in [3.05, 3.63) is 77.3 Å². The Bertz CT molecular complexity index is 937. The topological polar surface area (TPSA) is 41.9 Å². The van der Waals surface area contributed by atoms with Gasteiger partial charge >= 0.3 is 0 Å². The molecule has 0 amide bonds. The Kier molecular flexibility index (Phi) is 4.94. The maximum Gasteiger partial charge on any atom is 0.131 e. The maximum atomic E-state index is 13.1. The molecule has 4 rings (SSSR count). The molecule has 3 aromatic rings. The van der Waals surface area contributed by atoms with Crippen molar-refractivity contribution in [3.8, 4) is 11.3 Å². The van der Waals surface area contributed by atoms with E-state index in [4.69, 9.17) is 9.97 Å². The lowest BCUT2D eigenvalue weighted by Gasteiger charge is -2.28. The first-order chi connectivity index (χ1) is 13.1. The number of pyridine rings is 1. The molecule has 4 nitrogen and oxygen atoms in total. The summed E-state index contributed by atoms with van der Waals surface area (Å²) < 4.78 is 13.1. The highest BCUT2D eigenvalue weighted by Crippen LogP contribution is 2.22. The van der Waals surface area contributed by atoms with Gasteiger partial charge in [-0.05, 0) is 36.4 Å². The van der Waals surface area contributed by atoms with Crippen LogP contribution < -0.4 is 0 Å². The van der Waals surface area contributed by atoms with Crippen molar-refractivity contribution < 1.29 is 4.39 Å². The van der Waals surface area contributed by atoms with Crippen LogP contribution in [0.3, 0.4) is 0 Å². The predicted molar refractivity (Wildman–Crippen MR) is 104 cm³/mol. The maximum absolute atomic E-state index is 13.1. The largest absolute Gasteiger partial charge is 0.293 e. The second kappa shape index (κ2) is 7.53. The Balaban J connectivity index is 1.49. The van der Waals surface area contributed by atoms with Gasteiger partial charge in [0.25, 0.3) is 0 Å². The third-order valence-corrected chi connectivity index (χ3v) is 4.88. The molecule has 138 valence electrons. The molecule has 0 aliphatic carbocycles. The van der Waals surface area contributed by atoms with E-state index >= 15 is 0 Å². The summed E-state index contributed by atoms with van der Waals surface area (Å²) in [5.74, 6) is 1.05. The Morgan fingerprint density at radius 3 is 2.67 bits per heavy atom. The lowest BCUT2D eigenvalue weighted by Crippen LogP contribution is -2.31. The lowest BCUT2D eigenvalue weighted by atomic mass is 10.1. The van der Waals surface area contributed by atoms with Gasteiger partial charge < -0.3 is 0 Å². The smallest absolute Gasteiger partial charge is 0.131 e. The second-order valence-electron chi connectivity index (χ2n) is 7.34. The molecule has 0 saturated heterocycles. The number of hydrogen-bond acceptors (Lipinski definition) is 4. The third-order valence-electron chi connectivity index (χ3n) is 4.88. The molecule has 0 atom stereocenters. The van der Waals surface area contributed by atoms with Crippen LogP contribution in [0.5, 0.6) is 0 Å². The van der Waals surface area contributed by atoms with Gasteiger partial charge in [-0.3, -0.25) is 9.88 Å². The van der Waals surface area contributed by atoms with Gasteiger partial charge in [0.15, 0.2) is 0 Å². The van der Waals surface area contributed by atoms with Crippen LogP contribution in [0.15, 0.2) is 48.7 Å². The molecule has 0 radical (unpaired) electrons. The first kappa shape index (κ1) is 17.7. The standard InChI is InChI=1S/C22H23FN4/c1-15(2)22-24-12-17-13-27(11-10-21(17)26-22)14-19-4-3-5-20(25-19)16-6-8-18(23)9-7-16/h3-9,12,15H,10-11,13-14H2,1-2H3. The van der Waals surface area contributed by atoms with Gasteiger partial charge in [-0.15, -0.1) is 0 Å². The first-order valence-electron chi connectivity index (χ1n) is 9.37. The van der Waals surface area contributed by atoms with E-state index in [1.165, 1.54) is 23.4 Å². The van der Waals surface area contributed by atoms with E-state index in [0.29, 0.717) is 5.92 Å². The van der Waals surface area contributed by atoms with Gasteiger partial charge in [0, 0.05) is 55.0 Å². The van der Waals surface area contributed by atoms with Crippen LogP contribution in [0.2, 0.25) is 0 Å². The molecule has 0 fully saturated rings. The van der Waals surface area contributed by atoms with Gasteiger partial charge in [-0.25, -0.2) is 14.4 Å². The number of halogens is 1. The molecule has 5 heteroatoms. The van der Waals surface area contributed by atoms with Gasteiger partial charge in [-0.1, -0.05) is 19.9 Å². The van der Waals surface area contributed by atoms with Crippen molar-refractivity contribution in [3.63, 3.8) is 0 Å². The minimum atomic E-state index is -0.232. The van der Waals surface area contributed by atoms with Gasteiger partial charge in [0.1, 0.15) is 11.6 Å². The fourth-order valence-electron chi connectivity index (χ4n) is 3.38. The Morgan fingerprint density at radius 2 is 1.89 bits per heavy atom. The van der Waals surface area contributed by atoms with Gasteiger partial charge in [0.05, 0.1) is 11.4 Å². The molecular formula is C22H23FN4. The zero-order chi connectivity index (χ0) is 18.8. The number of rotatable bonds is 4. The van der Waals surface area contributed by atoms with Crippen molar-refractivity contribution in [2.45, 2.75) is 39.3 Å². The Morgan fingerprint density at radius 1 is 1.07 bits per heavy atom. The highest BCUT2D eigenvalue weighted by molar-refractivity contribution is 5.58. The van der Waals surface area contributed by atoms with Crippen molar-refractivity contribution in [2.24, 2.45) is 0 Å². The molecule has 27 heavy (non-hydrogen) atoms. The summed E-state index contributed by atoms with van der Waals surface area (Å²) >= 11 is 0. The monoisotopic (exact) mass is 362 g/mol. The molecular weight excluding hydrogens is 339 g/mol. The zero-order valence-electron chi connectivity index (χ0n) is 15.7. The Hall–Kier alpha value is -2.66. The number of benzene rings is 1. The fraction of sp³-hybridized carbons (Fsp3) is 0.318. The van der Waals surface area contributed by atoms with Gasteiger partial charge in [0.2, 0.25) is 0 Å². The van der Waals surface area contributed by atoms with Crippen molar-refractivity contribution >= 4 is 0 Å². The van der Waals surface area contributed by atoms with Crippen LogP contribution in [0.25, 0.3) is 11.3 Å². The number of nitrogens with zero attached hydrogens (tertiary/aromatic N) is 4. The minimum absolute atomic E-state index is 0.232. The second-order valence-corrected chi connectivity index (χ2v) is 7.34. The molecule has 1 aromatic carbocycles. The summed E-state index contributed by atoms with van der Waals surface area (Å²) in [4.78, 5) is 16.4. The van der Waals surface area contributed by atoms with Crippen LogP contribution in [0, 0.1) is 5.82 Å². The number of aromatic nitrogens is 3. The van der Waals surface area contributed by atoms with Crippen LogP contribution in [-0.2, 0) is 19.5 Å². The van der Waals surface area contributed by atoms with Crippen LogP contribution >= 0.6 is 0 Å². The molecule has 1 aliphatic rings. The van der Waals surface area contributed by atoms with E-state index in [9.17, 15) is 4.39 Å². The molecule has 1 aliphatic heterocycles. The quantitative estimate of drug-likeness (QED) is 0.692. The average molecular weight is 362 g/mol. The van der Waals surface area contributed by atoms with E-state index < -0.39 is 0 Å². The SMILES string of the molecule is CC(C)c1ncc2c(n1)CCN(Cc1cccc(-c3ccc(F)cc3)n1)C2. The number of fused-ring (bicyclic) bond motifs is 1. The van der Waals surface area contributed by atoms with E-state index in [-0.39, 0.29) is 5.82 Å². The highest BCUT2D eigenvalue weighted by atomic mass is 19.1. The molecule has 2 aromatic heterocycles. The molecule has 0 unspecified atom stereocenters. The van der Waals surface area contributed by atoms with Crippen LogP contribution in [0.1, 0.15) is 42.5 Å². The molecule has 3 heterocycles. The molecule has 0 bridgehead atoms. The average Bonchev–Trinajstić information content (AvgIpc) is 2.68. The summed E-state index contributed by atoms with van der Waals surface area (Å²) in [5, 5.41) is 0. The predicted octanol–water partition coefficient (Wildman–Crippen LogP) is 4.36. The number of hydrogen-bond donors (Lipinski definition) is 0. The minimum Gasteiger partial charge on any atom is -0.293 e. The van der Waals surface area contributed by atoms with Crippen LogP contribution in [-0.4, -0.2) is 26.4 Å². The van der Waals surface area contributed by atoms with E-state index in [2.05, 4.69) is 23.7 Å². The molecule has 0 spiro atoms. The fourth-order valence-corrected chi connectivity index (χ4v) is 3.38. The molecule has 0 saturated carbocycles. The summed E-state index contributed by atoms with van der Waals surface area (Å²) in [5.41, 5.74) is 5.20. The first-order valence-corrected chi connectivity index (χ1v) is 9.37. The van der Waals surface area contributed by atoms with Gasteiger partial charge in [-0.2, -0.15) is 0 Å². The van der Waals surface area contributed by atoms with E-state index in [1.807, 2.05) is 24.4 Å². The lowest BCUT2D eigenvalue weighted by molar-refractivity contribution is 0.239. The van der Waals surface area contributed by atoms with Crippen molar-refractivity contribution in [2.75, 3.05) is 6.54 Å². The van der Waals surface area contributed by atoms with Crippen molar-refractivity contribution in [1.29, 1.82) is 0 Å².